The van der Waals surface area contributed by atoms with Crippen LogP contribution in [-0.2, 0) is 4.74 Å². The first-order chi connectivity index (χ1) is 4.83. The Morgan fingerprint density at radius 1 is 1.40 bits per heavy atom. The van der Waals surface area contributed by atoms with Gasteiger partial charge in [0.15, 0.2) is 6.19 Å². The third-order valence-corrected chi connectivity index (χ3v) is 0.471. The van der Waals surface area contributed by atoms with Crippen LogP contribution in [-0.4, -0.2) is 13.2 Å². The molecule has 0 unspecified atom stereocenters. The van der Waals surface area contributed by atoms with E-state index >= 15 is 0 Å². The van der Waals surface area contributed by atoms with Crippen molar-refractivity contribution in [2.75, 3.05) is 13.2 Å². The van der Waals surface area contributed by atoms with E-state index < -0.39 is 0 Å². The summed E-state index contributed by atoms with van der Waals surface area (Å²) in [6, 6.07) is 0. The van der Waals surface area contributed by atoms with E-state index in [1.54, 1.807) is 12.2 Å². The van der Waals surface area contributed by atoms with E-state index in [2.05, 4.69) is 18.9 Å². The van der Waals surface area contributed by atoms with Gasteiger partial charge in [0.1, 0.15) is 0 Å². The lowest BCUT2D eigenvalue weighted by molar-refractivity contribution is 0.194. The van der Waals surface area contributed by atoms with E-state index in [9.17, 15) is 0 Å². The van der Waals surface area contributed by atoms with Crippen molar-refractivity contribution in [3.05, 3.63) is 25.3 Å². The van der Waals surface area contributed by atoms with Crippen LogP contribution in [0.2, 0.25) is 0 Å². The number of nitrogens with two attached hydrogens (primary N) is 1. The van der Waals surface area contributed by atoms with E-state index in [4.69, 9.17) is 10.00 Å². The fourth-order valence-corrected chi connectivity index (χ4v) is 0.235. The highest BCUT2D eigenvalue weighted by atomic mass is 16.5. The zero-order valence-corrected chi connectivity index (χ0v) is 5.92. The number of ether oxygens (including phenoxy) is 1. The normalized spacial score (nSPS) is 6.30. The lowest BCUT2D eigenvalue weighted by Crippen LogP contribution is -1.87. The summed E-state index contributed by atoms with van der Waals surface area (Å²) in [6.45, 7) is 8.18. The third-order valence-electron chi connectivity index (χ3n) is 0.471. The molecule has 0 saturated carbocycles. The number of hydrogen-bond donors (Lipinski definition) is 1. The SMILES string of the molecule is C=CCOCC=C.N#CN. The fraction of sp³-hybridized carbons (Fsp3) is 0.286. The Kier molecular flexibility index (Phi) is 18.0. The summed E-state index contributed by atoms with van der Waals surface area (Å²) in [5.74, 6) is 0. The molecule has 3 heteroatoms. The van der Waals surface area contributed by atoms with Crippen molar-refractivity contribution in [3.63, 3.8) is 0 Å². The molecule has 0 atom stereocenters. The molecule has 2 N–H and O–H groups in total. The van der Waals surface area contributed by atoms with Gasteiger partial charge in [-0.05, 0) is 0 Å². The molecule has 0 heterocycles. The molecular weight excluding hydrogens is 128 g/mol. The second-order valence-electron chi connectivity index (χ2n) is 1.24. The van der Waals surface area contributed by atoms with E-state index in [1.807, 2.05) is 0 Å². The second kappa shape index (κ2) is 15.6. The van der Waals surface area contributed by atoms with Crippen LogP contribution in [0, 0.1) is 11.5 Å². The zero-order chi connectivity index (χ0) is 8.24. The molecule has 0 amide bonds. The van der Waals surface area contributed by atoms with Gasteiger partial charge in [-0.3, -0.25) is 0 Å². The highest BCUT2D eigenvalue weighted by Gasteiger charge is 1.70. The minimum absolute atomic E-state index is 0.617. The molecule has 0 aliphatic heterocycles. The molecule has 0 rings (SSSR count). The summed E-state index contributed by atoms with van der Waals surface area (Å²) < 4.78 is 4.90. The first-order valence-electron chi connectivity index (χ1n) is 2.72. The third kappa shape index (κ3) is 29.6. The number of hydrogen-bond acceptors (Lipinski definition) is 3. The van der Waals surface area contributed by atoms with Gasteiger partial charge < -0.3 is 10.5 Å². The number of rotatable bonds is 4. The smallest absolute Gasteiger partial charge is 0.173 e. The van der Waals surface area contributed by atoms with Crippen molar-refractivity contribution in [1.29, 1.82) is 5.26 Å². The first-order valence-corrected chi connectivity index (χ1v) is 2.72. The average molecular weight is 140 g/mol. The zero-order valence-electron chi connectivity index (χ0n) is 5.92. The summed E-state index contributed by atoms with van der Waals surface area (Å²) in [6.07, 6.45) is 4.67. The van der Waals surface area contributed by atoms with Crippen LogP contribution in [0.3, 0.4) is 0 Å². The van der Waals surface area contributed by atoms with Gasteiger partial charge in [-0.1, -0.05) is 12.2 Å². The number of nitrogens with zero attached hydrogens (tertiary/aromatic N) is 1. The van der Waals surface area contributed by atoms with Crippen LogP contribution < -0.4 is 5.73 Å². The summed E-state index contributed by atoms with van der Waals surface area (Å²) in [5, 5.41) is 7.10. The maximum atomic E-state index is 7.10. The highest BCUT2D eigenvalue weighted by molar-refractivity contribution is 4.68. The molecule has 0 aliphatic carbocycles. The van der Waals surface area contributed by atoms with Gasteiger partial charge in [0, 0.05) is 0 Å². The Hall–Kier alpha value is -1.27. The molecule has 0 aromatic heterocycles. The molecule has 0 saturated heterocycles. The van der Waals surface area contributed by atoms with Gasteiger partial charge in [-0.25, -0.2) is 0 Å². The maximum absolute atomic E-state index is 7.10. The van der Waals surface area contributed by atoms with E-state index in [0.717, 1.165) is 0 Å². The molecule has 0 aromatic rings. The van der Waals surface area contributed by atoms with Crippen molar-refractivity contribution in [3.8, 4) is 6.19 Å². The molecule has 10 heavy (non-hydrogen) atoms. The predicted octanol–water partition coefficient (Wildman–Crippen LogP) is 0.801. The molecular formula is C7H12N2O. The Balaban J connectivity index is 0. The van der Waals surface area contributed by atoms with E-state index in [0.29, 0.717) is 13.2 Å². The molecule has 0 aliphatic rings. The quantitative estimate of drug-likeness (QED) is 0.272. The fourth-order valence-electron chi connectivity index (χ4n) is 0.235. The molecule has 0 fully saturated rings. The second-order valence-corrected chi connectivity index (χ2v) is 1.24. The number of nitriles is 1. The van der Waals surface area contributed by atoms with Crippen LogP contribution in [0.4, 0.5) is 0 Å². The van der Waals surface area contributed by atoms with Crippen LogP contribution >= 0.6 is 0 Å². The monoisotopic (exact) mass is 140 g/mol. The van der Waals surface area contributed by atoms with Crippen LogP contribution in [0.1, 0.15) is 0 Å². The maximum Gasteiger partial charge on any atom is 0.173 e. The molecule has 0 spiro atoms. The van der Waals surface area contributed by atoms with Crippen molar-refractivity contribution in [2.45, 2.75) is 0 Å². The average Bonchev–Trinajstić information content (AvgIpc) is 1.91. The molecule has 0 aromatic carbocycles. The van der Waals surface area contributed by atoms with Crippen LogP contribution in [0.5, 0.6) is 0 Å². The summed E-state index contributed by atoms with van der Waals surface area (Å²) >= 11 is 0. The summed E-state index contributed by atoms with van der Waals surface area (Å²) in [4.78, 5) is 0. The van der Waals surface area contributed by atoms with Crippen molar-refractivity contribution in [1.82, 2.24) is 0 Å². The van der Waals surface area contributed by atoms with Crippen molar-refractivity contribution >= 4 is 0 Å². The molecule has 3 nitrogen and oxygen atoms in total. The van der Waals surface area contributed by atoms with Gasteiger partial charge in [-0.15, -0.1) is 13.2 Å². The predicted molar refractivity (Wildman–Crippen MR) is 41.0 cm³/mol. The van der Waals surface area contributed by atoms with Crippen LogP contribution in [0.25, 0.3) is 0 Å². The Labute approximate surface area is 61.4 Å². The van der Waals surface area contributed by atoms with Gasteiger partial charge in [0.05, 0.1) is 13.2 Å². The highest BCUT2D eigenvalue weighted by Crippen LogP contribution is 1.72. The van der Waals surface area contributed by atoms with Crippen molar-refractivity contribution in [2.24, 2.45) is 5.73 Å². The Bertz CT molecular complexity index is 107. The van der Waals surface area contributed by atoms with Crippen molar-refractivity contribution < 1.29 is 4.74 Å². The minimum atomic E-state index is 0.617. The minimum Gasteiger partial charge on any atom is -0.373 e. The molecule has 0 radical (unpaired) electrons. The van der Waals surface area contributed by atoms with Gasteiger partial charge in [0.25, 0.3) is 0 Å². The lowest BCUT2D eigenvalue weighted by atomic mass is 10.6. The Morgan fingerprint density at radius 2 is 1.70 bits per heavy atom. The Morgan fingerprint density at radius 3 is 1.90 bits per heavy atom. The summed E-state index contributed by atoms with van der Waals surface area (Å²) in [5.41, 5.74) is 4.15. The van der Waals surface area contributed by atoms with E-state index in [1.165, 1.54) is 6.19 Å². The topological polar surface area (TPSA) is 59.0 Å². The van der Waals surface area contributed by atoms with Crippen LogP contribution in [0.15, 0.2) is 25.3 Å². The largest absolute Gasteiger partial charge is 0.373 e. The summed E-state index contributed by atoms with van der Waals surface area (Å²) in [7, 11) is 0. The lowest BCUT2D eigenvalue weighted by Gasteiger charge is -1.89. The van der Waals surface area contributed by atoms with Gasteiger partial charge >= 0.3 is 0 Å². The van der Waals surface area contributed by atoms with Gasteiger partial charge in [-0.2, -0.15) is 5.26 Å². The van der Waals surface area contributed by atoms with E-state index in [-0.39, 0.29) is 0 Å². The standard InChI is InChI=1S/C6H10O.CH2N2/c1-3-5-7-6-4-2;2-1-3/h3-4H,1-2,5-6H2;2H2. The van der Waals surface area contributed by atoms with Gasteiger partial charge in [0.2, 0.25) is 0 Å². The molecule has 56 valence electrons. The molecule has 0 bridgehead atoms. The first kappa shape index (κ1) is 11.5.